The normalized spacial score (nSPS) is 13.3. The van der Waals surface area contributed by atoms with E-state index in [4.69, 9.17) is 0 Å². The van der Waals surface area contributed by atoms with E-state index in [1.807, 2.05) is 13.8 Å². The Morgan fingerprint density at radius 2 is 2.22 bits per heavy atom. The van der Waals surface area contributed by atoms with Crippen molar-refractivity contribution in [3.8, 4) is 11.9 Å². The molecule has 9 nitrogen and oxygen atoms in total. The highest BCUT2D eigenvalue weighted by atomic mass is 16.2. The molecular weight excluding hydrogens is 298 g/mol. The summed E-state index contributed by atoms with van der Waals surface area (Å²) in [4.78, 5) is 27.8. The summed E-state index contributed by atoms with van der Waals surface area (Å²) in [5, 5.41) is 19.9. The largest absolute Gasteiger partial charge is 0.336 e. The van der Waals surface area contributed by atoms with Crippen molar-refractivity contribution in [2.45, 2.75) is 32.9 Å². The van der Waals surface area contributed by atoms with E-state index in [2.05, 4.69) is 26.6 Å². The van der Waals surface area contributed by atoms with Crippen LogP contribution in [0.2, 0.25) is 0 Å². The molecule has 2 aromatic rings. The van der Waals surface area contributed by atoms with Gasteiger partial charge in [-0.1, -0.05) is 13.8 Å². The average molecular weight is 315 g/mol. The lowest BCUT2D eigenvalue weighted by Crippen LogP contribution is -2.50. The van der Waals surface area contributed by atoms with Crippen molar-refractivity contribution in [2.24, 2.45) is 5.92 Å². The molecule has 1 N–H and O–H groups in total. The summed E-state index contributed by atoms with van der Waals surface area (Å²) in [6.07, 6.45) is 2.77. The van der Waals surface area contributed by atoms with Gasteiger partial charge in [-0.05, 0) is 18.9 Å². The van der Waals surface area contributed by atoms with Gasteiger partial charge < -0.3 is 5.32 Å². The van der Waals surface area contributed by atoms with Crippen molar-refractivity contribution in [2.75, 3.05) is 0 Å². The van der Waals surface area contributed by atoms with Crippen molar-refractivity contribution in [1.82, 2.24) is 29.9 Å². The molecule has 0 aliphatic carbocycles. The van der Waals surface area contributed by atoms with E-state index in [1.54, 1.807) is 6.92 Å². The number of nitrogens with one attached hydrogen (secondary N) is 1. The van der Waals surface area contributed by atoms with Gasteiger partial charge in [0, 0.05) is 6.07 Å². The fourth-order valence-corrected chi connectivity index (χ4v) is 1.77. The zero-order chi connectivity index (χ0) is 17.0. The molecule has 0 fully saturated rings. The maximum Gasteiger partial charge on any atom is 0.267 e. The predicted molar refractivity (Wildman–Crippen MR) is 80.4 cm³/mol. The van der Waals surface area contributed by atoms with Crippen molar-refractivity contribution >= 4 is 5.91 Å². The third-order valence-electron chi connectivity index (χ3n) is 3.59. The average Bonchev–Trinajstić information content (AvgIpc) is 3.03. The maximum atomic E-state index is 12.1. The minimum atomic E-state index is -1.01. The second-order valence-electron chi connectivity index (χ2n) is 5.54. The zero-order valence-electron chi connectivity index (χ0n) is 13.1. The molecule has 23 heavy (non-hydrogen) atoms. The lowest BCUT2D eigenvalue weighted by molar-refractivity contribution is -0.123. The molecule has 0 saturated carbocycles. The van der Waals surface area contributed by atoms with Crippen LogP contribution >= 0.6 is 0 Å². The van der Waals surface area contributed by atoms with Gasteiger partial charge in [0.25, 0.3) is 5.56 Å². The van der Waals surface area contributed by atoms with Crippen molar-refractivity contribution in [3.05, 3.63) is 35.1 Å². The Bertz CT molecular complexity index is 788. The molecule has 0 aliphatic heterocycles. The van der Waals surface area contributed by atoms with Crippen LogP contribution in [0.5, 0.6) is 0 Å². The molecule has 0 bridgehead atoms. The van der Waals surface area contributed by atoms with E-state index in [0.29, 0.717) is 5.82 Å². The predicted octanol–water partition coefficient (Wildman–Crippen LogP) is -0.122. The number of hydrogen-bond acceptors (Lipinski definition) is 6. The van der Waals surface area contributed by atoms with Gasteiger partial charge in [0.2, 0.25) is 5.91 Å². The van der Waals surface area contributed by atoms with Crippen LogP contribution in [-0.4, -0.2) is 36.0 Å². The van der Waals surface area contributed by atoms with Crippen molar-refractivity contribution in [3.63, 3.8) is 0 Å². The number of carbonyl (C=O) groups excluding carboxylic acids is 1. The SMILES string of the molecule is CC(C)[C@@](C)(C#N)NC(=O)Cn1nc(-n2cncn2)ccc1=O. The second-order valence-corrected chi connectivity index (χ2v) is 5.54. The fraction of sp³-hybridized carbons (Fsp3) is 0.429. The summed E-state index contributed by atoms with van der Waals surface area (Å²) in [5.41, 5.74) is -1.43. The van der Waals surface area contributed by atoms with Gasteiger partial charge in [0.15, 0.2) is 5.82 Å². The standard InChI is InChI=1S/C14H17N7O2/c1-10(2)14(3,7-15)18-12(22)6-20-13(23)5-4-11(19-20)21-9-16-8-17-21/h4-5,8-10H,6H2,1-3H3,(H,18,22)/t14-/m1/s1. The highest BCUT2D eigenvalue weighted by Crippen LogP contribution is 2.14. The summed E-state index contributed by atoms with van der Waals surface area (Å²) in [6, 6.07) is 4.86. The number of nitriles is 1. The molecule has 0 aromatic carbocycles. The van der Waals surface area contributed by atoms with Crippen molar-refractivity contribution < 1.29 is 4.79 Å². The fourth-order valence-electron chi connectivity index (χ4n) is 1.77. The number of hydrogen-bond donors (Lipinski definition) is 1. The van der Waals surface area contributed by atoms with E-state index < -0.39 is 17.0 Å². The molecule has 120 valence electrons. The lowest BCUT2D eigenvalue weighted by atomic mass is 9.90. The summed E-state index contributed by atoms with van der Waals surface area (Å²) >= 11 is 0. The Hall–Kier alpha value is -3.02. The third-order valence-corrected chi connectivity index (χ3v) is 3.59. The van der Waals surface area contributed by atoms with Crippen LogP contribution in [0.1, 0.15) is 20.8 Å². The first-order chi connectivity index (χ1) is 10.9. The van der Waals surface area contributed by atoms with Gasteiger partial charge in [0.05, 0.1) is 6.07 Å². The number of aromatic nitrogens is 5. The molecule has 9 heteroatoms. The molecule has 2 rings (SSSR count). The van der Waals surface area contributed by atoms with Crippen LogP contribution in [0.25, 0.3) is 5.82 Å². The number of amides is 1. The summed E-state index contributed by atoms with van der Waals surface area (Å²) in [6.45, 7) is 5.02. The van der Waals surface area contributed by atoms with Crippen LogP contribution < -0.4 is 10.9 Å². The quantitative estimate of drug-likeness (QED) is 0.821. The molecule has 2 heterocycles. The Kier molecular flexibility index (Phi) is 4.55. The Morgan fingerprint density at radius 1 is 1.48 bits per heavy atom. The molecule has 0 saturated heterocycles. The van der Waals surface area contributed by atoms with Gasteiger partial charge in [-0.15, -0.1) is 5.10 Å². The van der Waals surface area contributed by atoms with Crippen LogP contribution in [0.15, 0.2) is 29.6 Å². The van der Waals surface area contributed by atoms with E-state index in [-0.39, 0.29) is 12.5 Å². The summed E-state index contributed by atoms with van der Waals surface area (Å²) in [7, 11) is 0. The molecule has 0 aliphatic rings. The van der Waals surface area contributed by atoms with E-state index >= 15 is 0 Å². The monoisotopic (exact) mass is 315 g/mol. The Labute approximate surface area is 132 Å². The van der Waals surface area contributed by atoms with Crippen LogP contribution in [-0.2, 0) is 11.3 Å². The number of carbonyl (C=O) groups is 1. The molecule has 0 unspecified atom stereocenters. The molecule has 0 radical (unpaired) electrons. The van der Waals surface area contributed by atoms with E-state index in [1.165, 1.54) is 29.5 Å². The van der Waals surface area contributed by atoms with Gasteiger partial charge in [0.1, 0.15) is 24.7 Å². The third kappa shape index (κ3) is 3.60. The van der Waals surface area contributed by atoms with Gasteiger partial charge in [-0.3, -0.25) is 9.59 Å². The smallest absolute Gasteiger partial charge is 0.267 e. The molecule has 0 spiro atoms. The first-order valence-electron chi connectivity index (χ1n) is 7.01. The van der Waals surface area contributed by atoms with Crippen LogP contribution in [0, 0.1) is 17.2 Å². The second kappa shape index (κ2) is 6.39. The molecular formula is C14H17N7O2. The topological polar surface area (TPSA) is 118 Å². The van der Waals surface area contributed by atoms with E-state index in [0.717, 1.165) is 4.68 Å². The minimum absolute atomic E-state index is 0.0809. The molecule has 1 atom stereocenters. The maximum absolute atomic E-state index is 12.1. The summed E-state index contributed by atoms with van der Waals surface area (Å²) < 4.78 is 2.39. The van der Waals surface area contributed by atoms with Crippen LogP contribution in [0.3, 0.4) is 0 Å². The summed E-state index contributed by atoms with van der Waals surface area (Å²) in [5.74, 6) is -0.183. The van der Waals surface area contributed by atoms with Crippen molar-refractivity contribution in [1.29, 1.82) is 5.26 Å². The first kappa shape index (κ1) is 16.4. The number of nitrogens with zero attached hydrogens (tertiary/aromatic N) is 6. The first-order valence-corrected chi connectivity index (χ1v) is 7.01. The van der Waals surface area contributed by atoms with Gasteiger partial charge in [-0.25, -0.2) is 14.3 Å². The van der Waals surface area contributed by atoms with Crippen LogP contribution in [0.4, 0.5) is 0 Å². The minimum Gasteiger partial charge on any atom is -0.336 e. The highest BCUT2D eigenvalue weighted by Gasteiger charge is 2.30. The molecule has 1 amide bonds. The number of rotatable bonds is 5. The zero-order valence-corrected chi connectivity index (χ0v) is 13.1. The van der Waals surface area contributed by atoms with Gasteiger partial charge in [-0.2, -0.15) is 10.4 Å². The van der Waals surface area contributed by atoms with Gasteiger partial charge >= 0.3 is 0 Å². The Morgan fingerprint density at radius 3 is 2.78 bits per heavy atom. The lowest BCUT2D eigenvalue weighted by Gasteiger charge is -2.27. The Balaban J connectivity index is 2.20. The highest BCUT2D eigenvalue weighted by molar-refractivity contribution is 5.77. The molecule has 2 aromatic heterocycles. The van der Waals surface area contributed by atoms with E-state index in [9.17, 15) is 14.9 Å².